The second-order valence-corrected chi connectivity index (χ2v) is 6.16. The van der Waals surface area contributed by atoms with Gasteiger partial charge in [-0.15, -0.1) is 11.3 Å². The molecule has 0 saturated carbocycles. The fraction of sp³-hybridized carbons (Fsp3) is 0.500. The molecule has 1 aromatic rings. The molecule has 1 aliphatic heterocycles. The van der Waals surface area contributed by atoms with Crippen LogP contribution in [0.25, 0.3) is 0 Å². The zero-order chi connectivity index (χ0) is 10.9. The van der Waals surface area contributed by atoms with Crippen molar-refractivity contribution in [1.82, 2.24) is 5.32 Å². The Hall–Kier alpha value is -0.390. The van der Waals surface area contributed by atoms with Gasteiger partial charge in [-0.05, 0) is 53.9 Å². The van der Waals surface area contributed by atoms with Crippen molar-refractivity contribution in [2.45, 2.75) is 24.8 Å². The van der Waals surface area contributed by atoms with E-state index in [0.717, 1.165) is 28.0 Å². The molecule has 1 fully saturated rings. The van der Waals surface area contributed by atoms with E-state index in [0.29, 0.717) is 6.42 Å². The van der Waals surface area contributed by atoms with Crippen molar-refractivity contribution < 1.29 is 9.90 Å². The molecule has 1 atom stereocenters. The Labute approximate surface area is 101 Å². The van der Waals surface area contributed by atoms with E-state index in [4.69, 9.17) is 0 Å². The predicted molar refractivity (Wildman–Crippen MR) is 63.2 cm³/mol. The third-order valence-electron chi connectivity index (χ3n) is 2.76. The Morgan fingerprint density at radius 2 is 2.33 bits per heavy atom. The largest absolute Gasteiger partial charge is 0.480 e. The van der Waals surface area contributed by atoms with Gasteiger partial charge in [-0.1, -0.05) is 0 Å². The summed E-state index contributed by atoms with van der Waals surface area (Å²) >= 11 is 4.86. The number of aliphatic carboxylic acids is 1. The first-order valence-corrected chi connectivity index (χ1v) is 6.50. The minimum Gasteiger partial charge on any atom is -0.480 e. The molecule has 1 aliphatic rings. The molecule has 82 valence electrons. The molecule has 15 heavy (non-hydrogen) atoms. The monoisotopic (exact) mass is 289 g/mol. The van der Waals surface area contributed by atoms with Gasteiger partial charge in [-0.3, -0.25) is 5.32 Å². The Bertz CT molecular complexity index is 371. The van der Waals surface area contributed by atoms with Crippen LogP contribution in [-0.4, -0.2) is 17.6 Å². The molecular weight excluding hydrogens is 278 g/mol. The summed E-state index contributed by atoms with van der Waals surface area (Å²) in [5.41, 5.74) is -0.852. The highest BCUT2D eigenvalue weighted by molar-refractivity contribution is 9.11. The second kappa shape index (κ2) is 4.23. The van der Waals surface area contributed by atoms with Crippen LogP contribution in [0.15, 0.2) is 15.9 Å². The summed E-state index contributed by atoms with van der Waals surface area (Å²) in [5, 5.41) is 12.5. The molecule has 0 spiro atoms. The number of carbonyl (C=O) groups is 1. The lowest BCUT2D eigenvalue weighted by molar-refractivity contribution is -0.146. The van der Waals surface area contributed by atoms with E-state index < -0.39 is 11.5 Å². The van der Waals surface area contributed by atoms with Gasteiger partial charge in [0, 0.05) is 4.88 Å². The van der Waals surface area contributed by atoms with Crippen molar-refractivity contribution in [3.63, 3.8) is 0 Å². The summed E-state index contributed by atoms with van der Waals surface area (Å²) in [7, 11) is 0. The molecular formula is C10H12BrNO2S. The lowest BCUT2D eigenvalue weighted by atomic mass is 9.87. The number of carboxylic acids is 1. The van der Waals surface area contributed by atoms with Gasteiger partial charge in [0.05, 0.1) is 3.79 Å². The average Bonchev–Trinajstić information content (AvgIpc) is 2.66. The van der Waals surface area contributed by atoms with Crippen molar-refractivity contribution in [3.05, 3.63) is 20.8 Å². The minimum atomic E-state index is -0.852. The lowest BCUT2D eigenvalue weighted by Gasteiger charge is -2.33. The first-order valence-electron chi connectivity index (χ1n) is 4.89. The number of thiophene rings is 1. The normalized spacial score (nSPS) is 26.5. The summed E-state index contributed by atoms with van der Waals surface area (Å²) in [6.45, 7) is 0.780. The molecule has 0 bridgehead atoms. The molecule has 2 rings (SSSR count). The molecule has 0 radical (unpaired) electrons. The summed E-state index contributed by atoms with van der Waals surface area (Å²) in [5.74, 6) is -0.767. The van der Waals surface area contributed by atoms with Gasteiger partial charge in [-0.25, -0.2) is 4.79 Å². The Morgan fingerprint density at radius 3 is 2.80 bits per heavy atom. The van der Waals surface area contributed by atoms with Gasteiger partial charge < -0.3 is 5.11 Å². The highest BCUT2D eigenvalue weighted by Crippen LogP contribution is 2.36. The Morgan fingerprint density at radius 1 is 1.53 bits per heavy atom. The highest BCUT2D eigenvalue weighted by atomic mass is 79.9. The van der Waals surface area contributed by atoms with Crippen molar-refractivity contribution in [3.8, 4) is 0 Å². The minimum absolute atomic E-state index is 0.676. The molecule has 2 N–H and O–H groups in total. The molecule has 1 saturated heterocycles. The van der Waals surface area contributed by atoms with Crippen molar-refractivity contribution in [1.29, 1.82) is 0 Å². The molecule has 5 heteroatoms. The number of halogens is 1. The van der Waals surface area contributed by atoms with Crippen molar-refractivity contribution in [2.75, 3.05) is 6.54 Å². The van der Waals surface area contributed by atoms with E-state index in [2.05, 4.69) is 21.2 Å². The fourth-order valence-electron chi connectivity index (χ4n) is 1.95. The van der Waals surface area contributed by atoms with E-state index in [1.807, 2.05) is 12.1 Å². The van der Waals surface area contributed by atoms with Gasteiger partial charge in [-0.2, -0.15) is 0 Å². The maximum atomic E-state index is 11.4. The molecule has 1 unspecified atom stereocenters. The lowest BCUT2D eigenvalue weighted by Crippen LogP contribution is -2.51. The number of hydrogen-bond donors (Lipinski definition) is 2. The highest BCUT2D eigenvalue weighted by Gasteiger charge is 2.42. The molecule has 0 aromatic carbocycles. The molecule has 3 nitrogen and oxygen atoms in total. The summed E-state index contributed by atoms with van der Waals surface area (Å²) in [6.07, 6.45) is 2.70. The first-order chi connectivity index (χ1) is 7.15. The van der Waals surface area contributed by atoms with Crippen LogP contribution in [0.5, 0.6) is 0 Å². The third kappa shape index (κ3) is 1.96. The third-order valence-corrected chi connectivity index (χ3v) is 4.55. The molecule has 0 amide bonds. The smallest absolute Gasteiger partial charge is 0.329 e. The van der Waals surface area contributed by atoms with Crippen molar-refractivity contribution >= 4 is 33.2 Å². The zero-order valence-corrected chi connectivity index (χ0v) is 10.5. The van der Waals surface area contributed by atoms with Crippen LogP contribution in [0, 0.1) is 0 Å². The zero-order valence-electron chi connectivity index (χ0n) is 8.12. The number of carboxylic acid groups (broad SMARTS) is 1. The van der Waals surface area contributed by atoms with Crippen LogP contribution in [-0.2, 0) is 10.3 Å². The van der Waals surface area contributed by atoms with Crippen LogP contribution >= 0.6 is 27.3 Å². The van der Waals surface area contributed by atoms with Gasteiger partial charge in [0.15, 0.2) is 5.54 Å². The van der Waals surface area contributed by atoms with Gasteiger partial charge in [0.2, 0.25) is 0 Å². The quantitative estimate of drug-likeness (QED) is 0.880. The number of nitrogens with one attached hydrogen (secondary N) is 1. The van der Waals surface area contributed by atoms with Crippen LogP contribution in [0.1, 0.15) is 24.1 Å². The maximum absolute atomic E-state index is 11.4. The van der Waals surface area contributed by atoms with E-state index in [1.165, 1.54) is 11.3 Å². The van der Waals surface area contributed by atoms with Gasteiger partial charge in [0.25, 0.3) is 0 Å². The Balaban J connectivity index is 2.37. The number of piperidine rings is 1. The summed E-state index contributed by atoms with van der Waals surface area (Å²) < 4.78 is 0.977. The van der Waals surface area contributed by atoms with E-state index in [1.54, 1.807) is 0 Å². The second-order valence-electron chi connectivity index (χ2n) is 3.70. The van der Waals surface area contributed by atoms with Crippen LogP contribution < -0.4 is 5.32 Å². The number of hydrogen-bond acceptors (Lipinski definition) is 3. The number of rotatable bonds is 2. The Kier molecular flexibility index (Phi) is 3.13. The molecule has 1 aromatic heterocycles. The average molecular weight is 290 g/mol. The van der Waals surface area contributed by atoms with Gasteiger partial charge >= 0.3 is 5.97 Å². The van der Waals surface area contributed by atoms with E-state index >= 15 is 0 Å². The van der Waals surface area contributed by atoms with Crippen LogP contribution in [0.3, 0.4) is 0 Å². The molecule has 2 heterocycles. The molecule has 0 aliphatic carbocycles. The SMILES string of the molecule is O=C(O)C1(c2ccc(Br)s2)CCCCN1. The van der Waals surface area contributed by atoms with Crippen LogP contribution in [0.2, 0.25) is 0 Å². The first kappa shape index (κ1) is 11.1. The predicted octanol–water partition coefficient (Wildman–Crippen LogP) is 2.56. The standard InChI is InChI=1S/C10H12BrNO2S/c11-8-4-3-7(15-8)10(9(13)14)5-1-2-6-12-10/h3-4,12H,1-2,5-6H2,(H,13,14). The van der Waals surface area contributed by atoms with Crippen molar-refractivity contribution in [2.24, 2.45) is 0 Å². The summed E-state index contributed by atoms with van der Waals surface area (Å²) in [4.78, 5) is 12.3. The summed E-state index contributed by atoms with van der Waals surface area (Å²) in [6, 6.07) is 3.79. The van der Waals surface area contributed by atoms with E-state index in [-0.39, 0.29) is 0 Å². The van der Waals surface area contributed by atoms with Gasteiger partial charge in [0.1, 0.15) is 0 Å². The fourth-order valence-corrected chi connectivity index (χ4v) is 3.52. The van der Waals surface area contributed by atoms with Crippen LogP contribution in [0.4, 0.5) is 0 Å². The maximum Gasteiger partial charge on any atom is 0.329 e. The topological polar surface area (TPSA) is 49.3 Å². The van der Waals surface area contributed by atoms with E-state index in [9.17, 15) is 9.90 Å².